The molecule has 1 atom stereocenters. The van der Waals surface area contributed by atoms with Crippen LogP contribution in [-0.2, 0) is 4.74 Å². The van der Waals surface area contributed by atoms with Crippen molar-refractivity contribution in [3.05, 3.63) is 0 Å². The van der Waals surface area contributed by atoms with Crippen molar-refractivity contribution >= 4 is 11.8 Å². The summed E-state index contributed by atoms with van der Waals surface area (Å²) in [4.78, 5) is 0. The van der Waals surface area contributed by atoms with Crippen molar-refractivity contribution < 1.29 is 4.74 Å². The molecule has 17 heavy (non-hydrogen) atoms. The summed E-state index contributed by atoms with van der Waals surface area (Å²) in [7, 11) is 0. The molecule has 1 aliphatic heterocycles. The first-order valence-electron chi connectivity index (χ1n) is 6.56. The number of ether oxygens (including phenoxy) is 1. The summed E-state index contributed by atoms with van der Waals surface area (Å²) in [6, 6.07) is 2.40. The van der Waals surface area contributed by atoms with E-state index in [0.29, 0.717) is 0 Å². The molecule has 0 saturated carbocycles. The summed E-state index contributed by atoms with van der Waals surface area (Å²) >= 11 is 2.00. The van der Waals surface area contributed by atoms with E-state index in [1.54, 1.807) is 0 Å². The maximum atomic E-state index is 9.21. The molecule has 0 spiro atoms. The van der Waals surface area contributed by atoms with Crippen LogP contribution in [0.2, 0.25) is 0 Å². The van der Waals surface area contributed by atoms with Gasteiger partial charge in [-0.25, -0.2) is 0 Å². The third-order valence-electron chi connectivity index (χ3n) is 3.14. The van der Waals surface area contributed by atoms with Crippen LogP contribution in [0.25, 0.3) is 0 Å². The molecule has 1 saturated heterocycles. The summed E-state index contributed by atoms with van der Waals surface area (Å²) in [5.41, 5.74) is -0.353. The van der Waals surface area contributed by atoms with Gasteiger partial charge in [0.05, 0.1) is 6.07 Å². The van der Waals surface area contributed by atoms with Crippen LogP contribution in [-0.4, -0.2) is 36.3 Å². The standard InChI is InChI=1S/C13H24N2OS/c1-3-7-15-13(2,11-14)6-10-17-12-4-8-16-9-5-12/h12,15H,3-10H2,1-2H3. The van der Waals surface area contributed by atoms with Crippen LogP contribution in [0.5, 0.6) is 0 Å². The van der Waals surface area contributed by atoms with E-state index in [2.05, 4.69) is 18.3 Å². The fraction of sp³-hybridized carbons (Fsp3) is 0.923. The summed E-state index contributed by atoms with van der Waals surface area (Å²) < 4.78 is 5.34. The van der Waals surface area contributed by atoms with Gasteiger partial charge in [-0.05, 0) is 44.9 Å². The number of nitriles is 1. The molecule has 4 heteroatoms. The van der Waals surface area contributed by atoms with Gasteiger partial charge < -0.3 is 4.74 Å². The fourth-order valence-electron chi connectivity index (χ4n) is 1.86. The van der Waals surface area contributed by atoms with Crippen LogP contribution in [0.15, 0.2) is 0 Å². The minimum atomic E-state index is -0.353. The Balaban J connectivity index is 2.20. The zero-order valence-electron chi connectivity index (χ0n) is 11.0. The molecule has 1 aliphatic rings. The predicted molar refractivity (Wildman–Crippen MR) is 73.2 cm³/mol. The smallest absolute Gasteiger partial charge is 0.104 e. The van der Waals surface area contributed by atoms with E-state index in [0.717, 1.165) is 56.4 Å². The first-order chi connectivity index (χ1) is 8.20. The molecule has 1 N–H and O–H groups in total. The molecule has 0 aromatic heterocycles. The Bertz CT molecular complexity index is 248. The second kappa shape index (κ2) is 7.97. The van der Waals surface area contributed by atoms with E-state index in [1.807, 2.05) is 18.7 Å². The lowest BCUT2D eigenvalue weighted by atomic mass is 10.0. The van der Waals surface area contributed by atoms with Crippen molar-refractivity contribution in [2.45, 2.75) is 50.3 Å². The van der Waals surface area contributed by atoms with Gasteiger partial charge >= 0.3 is 0 Å². The van der Waals surface area contributed by atoms with Gasteiger partial charge in [0.25, 0.3) is 0 Å². The van der Waals surface area contributed by atoms with Crippen LogP contribution >= 0.6 is 11.8 Å². The van der Waals surface area contributed by atoms with E-state index < -0.39 is 0 Å². The zero-order chi connectivity index (χ0) is 12.6. The first-order valence-corrected chi connectivity index (χ1v) is 7.60. The highest BCUT2D eigenvalue weighted by Gasteiger charge is 2.23. The van der Waals surface area contributed by atoms with E-state index in [4.69, 9.17) is 4.74 Å². The number of nitrogens with zero attached hydrogens (tertiary/aromatic N) is 1. The Morgan fingerprint density at radius 1 is 1.47 bits per heavy atom. The third-order valence-corrected chi connectivity index (χ3v) is 4.52. The molecule has 0 radical (unpaired) electrons. The molecular formula is C13H24N2OS. The van der Waals surface area contributed by atoms with Gasteiger partial charge in [-0.3, -0.25) is 5.32 Å². The SMILES string of the molecule is CCCNC(C)(C#N)CCSC1CCOCC1. The van der Waals surface area contributed by atoms with Crippen molar-refractivity contribution in [2.24, 2.45) is 0 Å². The van der Waals surface area contributed by atoms with Gasteiger partial charge in [0.1, 0.15) is 5.54 Å². The molecule has 3 nitrogen and oxygen atoms in total. The summed E-state index contributed by atoms with van der Waals surface area (Å²) in [5, 5.41) is 13.3. The second-order valence-corrected chi connectivity index (χ2v) is 6.21. The minimum absolute atomic E-state index is 0.353. The molecular weight excluding hydrogens is 232 g/mol. The zero-order valence-corrected chi connectivity index (χ0v) is 11.8. The van der Waals surface area contributed by atoms with Crippen LogP contribution in [0.4, 0.5) is 0 Å². The van der Waals surface area contributed by atoms with Crippen LogP contribution < -0.4 is 5.32 Å². The average molecular weight is 256 g/mol. The van der Waals surface area contributed by atoms with Crippen molar-refractivity contribution in [1.82, 2.24) is 5.32 Å². The molecule has 98 valence electrons. The van der Waals surface area contributed by atoms with Gasteiger partial charge in [-0.2, -0.15) is 17.0 Å². The highest BCUT2D eigenvalue weighted by molar-refractivity contribution is 7.99. The number of thioether (sulfide) groups is 1. The molecule has 1 heterocycles. The molecule has 1 rings (SSSR count). The van der Waals surface area contributed by atoms with Crippen molar-refractivity contribution in [3.63, 3.8) is 0 Å². The number of hydrogen-bond acceptors (Lipinski definition) is 4. The number of nitrogens with one attached hydrogen (secondary N) is 1. The lowest BCUT2D eigenvalue weighted by molar-refractivity contribution is 0.1000. The van der Waals surface area contributed by atoms with E-state index in [-0.39, 0.29) is 5.54 Å². The fourth-order valence-corrected chi connectivity index (χ4v) is 3.24. The maximum Gasteiger partial charge on any atom is 0.104 e. The van der Waals surface area contributed by atoms with Gasteiger partial charge in [0, 0.05) is 18.5 Å². The largest absolute Gasteiger partial charge is 0.381 e. The lowest BCUT2D eigenvalue weighted by Gasteiger charge is -2.25. The quantitative estimate of drug-likeness (QED) is 0.760. The van der Waals surface area contributed by atoms with Crippen LogP contribution in [0, 0.1) is 11.3 Å². The van der Waals surface area contributed by atoms with E-state index in [1.165, 1.54) is 0 Å². The Kier molecular flexibility index (Phi) is 6.94. The second-order valence-electron chi connectivity index (χ2n) is 4.80. The van der Waals surface area contributed by atoms with Crippen molar-refractivity contribution in [3.8, 4) is 6.07 Å². The van der Waals surface area contributed by atoms with Gasteiger partial charge in [-0.1, -0.05) is 6.92 Å². The molecule has 0 bridgehead atoms. The highest BCUT2D eigenvalue weighted by atomic mass is 32.2. The Morgan fingerprint density at radius 3 is 2.76 bits per heavy atom. The molecule has 0 amide bonds. The normalized spacial score (nSPS) is 20.8. The first kappa shape index (κ1) is 14.8. The van der Waals surface area contributed by atoms with Crippen molar-refractivity contribution in [1.29, 1.82) is 5.26 Å². The average Bonchev–Trinajstić information content (AvgIpc) is 2.38. The summed E-state index contributed by atoms with van der Waals surface area (Å²) in [5.74, 6) is 1.06. The van der Waals surface area contributed by atoms with E-state index in [9.17, 15) is 5.26 Å². The van der Waals surface area contributed by atoms with Crippen LogP contribution in [0.1, 0.15) is 39.5 Å². The molecule has 0 aromatic carbocycles. The Hall–Kier alpha value is -0.240. The Labute approximate surface area is 109 Å². The van der Waals surface area contributed by atoms with Gasteiger partial charge in [0.15, 0.2) is 0 Å². The highest BCUT2D eigenvalue weighted by Crippen LogP contribution is 2.24. The number of hydrogen-bond donors (Lipinski definition) is 1. The van der Waals surface area contributed by atoms with Gasteiger partial charge in [-0.15, -0.1) is 0 Å². The summed E-state index contributed by atoms with van der Waals surface area (Å²) in [6.45, 7) is 6.86. The number of rotatable bonds is 7. The van der Waals surface area contributed by atoms with Gasteiger partial charge in [0.2, 0.25) is 0 Å². The van der Waals surface area contributed by atoms with Crippen molar-refractivity contribution in [2.75, 3.05) is 25.5 Å². The monoisotopic (exact) mass is 256 g/mol. The van der Waals surface area contributed by atoms with E-state index >= 15 is 0 Å². The minimum Gasteiger partial charge on any atom is -0.381 e. The molecule has 1 fully saturated rings. The summed E-state index contributed by atoms with van der Waals surface area (Å²) in [6.07, 6.45) is 4.32. The lowest BCUT2D eigenvalue weighted by Crippen LogP contribution is -2.42. The predicted octanol–water partition coefficient (Wildman–Crippen LogP) is 2.57. The molecule has 0 aromatic rings. The third kappa shape index (κ3) is 5.76. The topological polar surface area (TPSA) is 45.0 Å². The Morgan fingerprint density at radius 2 is 2.18 bits per heavy atom. The maximum absolute atomic E-state index is 9.21. The van der Waals surface area contributed by atoms with Crippen LogP contribution in [0.3, 0.4) is 0 Å². The molecule has 0 aliphatic carbocycles. The molecule has 1 unspecified atom stereocenters.